The van der Waals surface area contributed by atoms with E-state index in [0.29, 0.717) is 17.5 Å². The van der Waals surface area contributed by atoms with Crippen LogP contribution in [0.25, 0.3) is 11.4 Å². The molecular weight excluding hydrogens is 351 g/mol. The number of esters is 1. The first-order valence-corrected chi connectivity index (χ1v) is 8.43. The summed E-state index contributed by atoms with van der Waals surface area (Å²) >= 11 is 0. The Morgan fingerprint density at radius 1 is 1.19 bits per heavy atom. The molecule has 0 fully saturated rings. The average molecular weight is 370 g/mol. The van der Waals surface area contributed by atoms with E-state index in [9.17, 15) is 9.18 Å². The lowest BCUT2D eigenvalue weighted by atomic mass is 10.1. The summed E-state index contributed by atoms with van der Waals surface area (Å²) < 4.78 is 28.9. The molecule has 2 aromatic carbocycles. The second-order valence-corrected chi connectivity index (χ2v) is 5.98. The Morgan fingerprint density at radius 3 is 2.67 bits per heavy atom. The molecule has 0 aliphatic carbocycles. The van der Waals surface area contributed by atoms with Gasteiger partial charge in [0.1, 0.15) is 11.6 Å². The summed E-state index contributed by atoms with van der Waals surface area (Å²) in [5.41, 5.74) is 2.04. The normalized spacial score (nSPS) is 10.6. The van der Waals surface area contributed by atoms with Gasteiger partial charge in [0.05, 0.1) is 7.11 Å². The Labute approximate surface area is 155 Å². The number of halogens is 1. The molecule has 27 heavy (non-hydrogen) atoms. The maximum Gasteiger partial charge on any atom is 0.306 e. The van der Waals surface area contributed by atoms with Gasteiger partial charge in [0.2, 0.25) is 5.82 Å². The van der Waals surface area contributed by atoms with Crippen molar-refractivity contribution in [3.63, 3.8) is 0 Å². The topological polar surface area (TPSA) is 74.5 Å². The van der Waals surface area contributed by atoms with E-state index in [-0.39, 0.29) is 36.5 Å². The lowest BCUT2D eigenvalue weighted by Gasteiger charge is -2.04. The van der Waals surface area contributed by atoms with Gasteiger partial charge in [-0.1, -0.05) is 29.4 Å². The maximum atomic E-state index is 13.6. The van der Waals surface area contributed by atoms with Crippen molar-refractivity contribution in [2.75, 3.05) is 7.11 Å². The van der Waals surface area contributed by atoms with Crippen LogP contribution in [0.1, 0.15) is 23.4 Å². The Kier molecular flexibility index (Phi) is 5.80. The number of hydrogen-bond donors (Lipinski definition) is 0. The largest absolute Gasteiger partial charge is 0.497 e. The second kappa shape index (κ2) is 8.44. The first-order valence-electron chi connectivity index (χ1n) is 8.43. The van der Waals surface area contributed by atoms with Crippen molar-refractivity contribution < 1.29 is 23.2 Å². The standard InChI is InChI=1S/C20H19FN2O4/c1-13-3-7-15(11-17(13)21)20-22-18(27-23-20)12-26-19(24)10-6-14-4-8-16(25-2)9-5-14/h3-5,7-9,11H,6,10,12H2,1-2H3. The highest BCUT2D eigenvalue weighted by molar-refractivity contribution is 5.69. The molecule has 0 saturated heterocycles. The van der Waals surface area contributed by atoms with Gasteiger partial charge in [0.15, 0.2) is 6.61 Å². The van der Waals surface area contributed by atoms with Crippen LogP contribution in [-0.4, -0.2) is 23.2 Å². The van der Waals surface area contributed by atoms with Gasteiger partial charge in [0.25, 0.3) is 5.89 Å². The molecule has 0 amide bonds. The van der Waals surface area contributed by atoms with Crippen LogP contribution < -0.4 is 4.74 Å². The number of aromatic nitrogens is 2. The third kappa shape index (κ3) is 4.91. The highest BCUT2D eigenvalue weighted by Crippen LogP contribution is 2.19. The first kappa shape index (κ1) is 18.6. The molecule has 0 atom stereocenters. The van der Waals surface area contributed by atoms with Crippen molar-refractivity contribution in [2.24, 2.45) is 0 Å². The van der Waals surface area contributed by atoms with Crippen molar-refractivity contribution in [1.82, 2.24) is 10.1 Å². The van der Waals surface area contributed by atoms with Crippen LogP contribution in [0.5, 0.6) is 5.75 Å². The summed E-state index contributed by atoms with van der Waals surface area (Å²) in [5.74, 6) is 0.458. The van der Waals surface area contributed by atoms with E-state index in [1.807, 2.05) is 24.3 Å². The lowest BCUT2D eigenvalue weighted by Crippen LogP contribution is -2.06. The second-order valence-electron chi connectivity index (χ2n) is 5.98. The minimum atomic E-state index is -0.369. The van der Waals surface area contributed by atoms with E-state index < -0.39 is 0 Å². The number of rotatable bonds is 7. The molecule has 140 valence electrons. The van der Waals surface area contributed by atoms with Crippen LogP contribution in [0.3, 0.4) is 0 Å². The quantitative estimate of drug-likeness (QED) is 0.588. The first-order chi connectivity index (χ1) is 13.0. The van der Waals surface area contributed by atoms with Gasteiger partial charge in [0, 0.05) is 12.0 Å². The number of aryl methyl sites for hydroxylation is 2. The molecule has 0 saturated carbocycles. The minimum absolute atomic E-state index is 0.122. The molecule has 0 spiro atoms. The lowest BCUT2D eigenvalue weighted by molar-refractivity contribution is -0.145. The van der Waals surface area contributed by atoms with Crippen molar-refractivity contribution in [2.45, 2.75) is 26.4 Å². The molecule has 0 bridgehead atoms. The smallest absolute Gasteiger partial charge is 0.306 e. The molecule has 7 heteroatoms. The van der Waals surface area contributed by atoms with E-state index in [1.54, 1.807) is 26.2 Å². The summed E-state index contributed by atoms with van der Waals surface area (Å²) in [6, 6.07) is 12.2. The fourth-order valence-corrected chi connectivity index (χ4v) is 2.42. The zero-order chi connectivity index (χ0) is 19.2. The summed E-state index contributed by atoms with van der Waals surface area (Å²) in [6.45, 7) is 1.55. The van der Waals surface area contributed by atoms with Gasteiger partial charge in [-0.05, 0) is 42.7 Å². The summed E-state index contributed by atoms with van der Waals surface area (Å²) in [4.78, 5) is 16.0. The monoisotopic (exact) mass is 370 g/mol. The Bertz CT molecular complexity index is 922. The molecule has 0 unspecified atom stereocenters. The Hall–Kier alpha value is -3.22. The summed E-state index contributed by atoms with van der Waals surface area (Å²) in [6.07, 6.45) is 0.789. The van der Waals surface area contributed by atoms with Crippen molar-refractivity contribution in [1.29, 1.82) is 0 Å². The van der Waals surface area contributed by atoms with Crippen molar-refractivity contribution in [3.05, 3.63) is 65.3 Å². The number of nitrogens with zero attached hydrogens (tertiary/aromatic N) is 2. The van der Waals surface area contributed by atoms with Crippen molar-refractivity contribution >= 4 is 5.97 Å². The summed E-state index contributed by atoms with van der Waals surface area (Å²) in [5, 5.41) is 3.79. The van der Waals surface area contributed by atoms with Gasteiger partial charge in [-0.2, -0.15) is 4.98 Å². The average Bonchev–Trinajstić information content (AvgIpc) is 3.16. The fraction of sp³-hybridized carbons (Fsp3) is 0.250. The highest BCUT2D eigenvalue weighted by Gasteiger charge is 2.12. The van der Waals surface area contributed by atoms with Crippen LogP contribution >= 0.6 is 0 Å². The predicted molar refractivity (Wildman–Crippen MR) is 95.5 cm³/mol. The van der Waals surface area contributed by atoms with Gasteiger partial charge in [-0.15, -0.1) is 0 Å². The number of carbonyl (C=O) groups is 1. The van der Waals surface area contributed by atoms with E-state index in [4.69, 9.17) is 14.0 Å². The summed E-state index contributed by atoms with van der Waals surface area (Å²) in [7, 11) is 1.60. The van der Waals surface area contributed by atoms with Gasteiger partial charge < -0.3 is 14.0 Å². The SMILES string of the molecule is COc1ccc(CCC(=O)OCc2nc(-c3ccc(C)c(F)c3)no2)cc1. The van der Waals surface area contributed by atoms with E-state index in [0.717, 1.165) is 11.3 Å². The molecule has 0 aliphatic heterocycles. The van der Waals surface area contributed by atoms with E-state index in [1.165, 1.54) is 6.07 Å². The molecule has 6 nitrogen and oxygen atoms in total. The number of hydrogen-bond acceptors (Lipinski definition) is 6. The molecule has 3 rings (SSSR count). The van der Waals surface area contributed by atoms with Gasteiger partial charge in [-0.25, -0.2) is 4.39 Å². The number of ether oxygens (including phenoxy) is 2. The molecule has 0 aliphatic rings. The van der Waals surface area contributed by atoms with Crippen molar-refractivity contribution in [3.8, 4) is 17.1 Å². The van der Waals surface area contributed by atoms with Crippen LogP contribution in [0.2, 0.25) is 0 Å². The number of methoxy groups -OCH3 is 1. The predicted octanol–water partition coefficient (Wildman–Crippen LogP) is 3.87. The molecule has 1 aromatic heterocycles. The molecule has 0 radical (unpaired) electrons. The van der Waals surface area contributed by atoms with Gasteiger partial charge in [-0.3, -0.25) is 4.79 Å². The Morgan fingerprint density at radius 2 is 1.96 bits per heavy atom. The molecular formula is C20H19FN2O4. The third-order valence-electron chi connectivity index (χ3n) is 4.03. The number of benzene rings is 2. The number of carbonyl (C=O) groups excluding carboxylic acids is 1. The van der Waals surface area contributed by atoms with E-state index in [2.05, 4.69) is 10.1 Å². The molecule has 0 N–H and O–H groups in total. The van der Waals surface area contributed by atoms with E-state index >= 15 is 0 Å². The van der Waals surface area contributed by atoms with Crippen LogP contribution in [0.15, 0.2) is 47.0 Å². The zero-order valence-electron chi connectivity index (χ0n) is 15.1. The van der Waals surface area contributed by atoms with Crippen LogP contribution in [-0.2, 0) is 22.6 Å². The highest BCUT2D eigenvalue weighted by atomic mass is 19.1. The maximum absolute atomic E-state index is 13.6. The zero-order valence-corrected chi connectivity index (χ0v) is 15.1. The molecule has 1 heterocycles. The van der Waals surface area contributed by atoms with Crippen LogP contribution in [0, 0.1) is 12.7 Å². The third-order valence-corrected chi connectivity index (χ3v) is 4.03. The Balaban J connectivity index is 1.50. The molecule has 3 aromatic rings. The fourth-order valence-electron chi connectivity index (χ4n) is 2.42. The van der Waals surface area contributed by atoms with Crippen LogP contribution in [0.4, 0.5) is 4.39 Å². The van der Waals surface area contributed by atoms with Gasteiger partial charge >= 0.3 is 5.97 Å². The minimum Gasteiger partial charge on any atom is -0.497 e.